The van der Waals surface area contributed by atoms with Crippen LogP contribution in [-0.2, 0) is 0 Å². The van der Waals surface area contributed by atoms with Gasteiger partial charge >= 0.3 is 0 Å². The minimum Gasteiger partial charge on any atom is -0.375 e. The van der Waals surface area contributed by atoms with Crippen LogP contribution in [0.3, 0.4) is 0 Å². The molecule has 0 atom stereocenters. The SMILES string of the molecule is Cc1nc(-n2nc(-c3ccccc3)cc2-c2ccccc2)sc1C(/C=C\c1ccc([N+](=O)[O-])cc1)=N\NC(N)=S. The summed E-state index contributed by atoms with van der Waals surface area (Å²) < 4.78 is 1.84. The number of thiazole rings is 1. The van der Waals surface area contributed by atoms with Crippen LogP contribution in [0, 0.1) is 17.0 Å². The second-order valence-corrected chi connectivity index (χ2v) is 10.0. The minimum absolute atomic E-state index is 0.0208. The predicted molar refractivity (Wildman–Crippen MR) is 163 cm³/mol. The van der Waals surface area contributed by atoms with Gasteiger partial charge in [0.05, 0.1) is 26.9 Å². The molecule has 0 radical (unpaired) electrons. The standard InChI is InChI=1S/C29H23N7O2S2/c1-19-27(24(32-33-28(30)39)17-14-20-12-15-23(16-13-20)36(37)38)40-29(31-19)35-26(22-10-6-3-7-11-22)18-25(34-35)21-8-4-2-5-9-21/h2-18H,1H3,(H3,30,33,39)/b17-14-,32-24-. The van der Waals surface area contributed by atoms with Crippen LogP contribution < -0.4 is 11.2 Å². The smallest absolute Gasteiger partial charge is 0.269 e. The lowest BCUT2D eigenvalue weighted by molar-refractivity contribution is -0.384. The number of non-ortho nitro benzene ring substituents is 1. The molecule has 0 aliphatic carbocycles. The first-order valence-electron chi connectivity index (χ1n) is 12.1. The second-order valence-electron chi connectivity index (χ2n) is 8.62. The fourth-order valence-electron chi connectivity index (χ4n) is 3.96. The Morgan fingerprint density at radius 3 is 2.33 bits per heavy atom. The van der Waals surface area contributed by atoms with Crippen LogP contribution >= 0.6 is 23.6 Å². The molecule has 0 unspecified atom stereocenters. The van der Waals surface area contributed by atoms with Crippen LogP contribution in [-0.4, -0.2) is 30.5 Å². The molecule has 0 saturated carbocycles. The molecule has 198 valence electrons. The first kappa shape index (κ1) is 26.6. The van der Waals surface area contributed by atoms with Crippen LogP contribution in [0.2, 0.25) is 0 Å². The van der Waals surface area contributed by atoms with Gasteiger partial charge in [0.1, 0.15) is 5.71 Å². The van der Waals surface area contributed by atoms with Gasteiger partial charge in [-0.15, -0.1) is 0 Å². The zero-order valence-corrected chi connectivity index (χ0v) is 22.9. The monoisotopic (exact) mass is 565 g/mol. The Hall–Kier alpha value is -5.00. The Bertz CT molecular complexity index is 1730. The molecule has 9 nitrogen and oxygen atoms in total. The number of nitro benzene ring substituents is 1. The summed E-state index contributed by atoms with van der Waals surface area (Å²) in [6.07, 6.45) is 3.59. The molecule has 0 amide bonds. The van der Waals surface area contributed by atoms with E-state index in [1.807, 2.05) is 72.3 Å². The summed E-state index contributed by atoms with van der Waals surface area (Å²) in [7, 11) is 0. The number of aromatic nitrogens is 3. The molecule has 0 fully saturated rings. The molecule has 0 saturated heterocycles. The number of allylic oxidation sites excluding steroid dienone is 1. The molecule has 2 heterocycles. The van der Waals surface area contributed by atoms with Crippen molar-refractivity contribution in [1.82, 2.24) is 20.2 Å². The van der Waals surface area contributed by atoms with Crippen molar-refractivity contribution in [3.63, 3.8) is 0 Å². The highest BCUT2D eigenvalue weighted by atomic mass is 32.1. The Kier molecular flexibility index (Phi) is 7.85. The number of benzene rings is 3. The van der Waals surface area contributed by atoms with Crippen LogP contribution in [0.1, 0.15) is 16.1 Å². The third-order valence-corrected chi connectivity index (χ3v) is 7.12. The highest BCUT2D eigenvalue weighted by Crippen LogP contribution is 2.31. The molecule has 2 aromatic heterocycles. The van der Waals surface area contributed by atoms with Gasteiger partial charge in [0.25, 0.3) is 5.69 Å². The molecule has 0 aliphatic rings. The quantitative estimate of drug-likeness (QED) is 0.100. The third-order valence-electron chi connectivity index (χ3n) is 5.87. The van der Waals surface area contributed by atoms with Gasteiger partial charge < -0.3 is 5.73 Å². The van der Waals surface area contributed by atoms with Crippen molar-refractivity contribution in [3.05, 3.63) is 123 Å². The maximum Gasteiger partial charge on any atom is 0.269 e. The highest BCUT2D eigenvalue weighted by molar-refractivity contribution is 7.80. The van der Waals surface area contributed by atoms with E-state index in [1.54, 1.807) is 24.3 Å². The van der Waals surface area contributed by atoms with Gasteiger partial charge in [-0.1, -0.05) is 78.1 Å². The van der Waals surface area contributed by atoms with Crippen LogP contribution in [0.5, 0.6) is 0 Å². The summed E-state index contributed by atoms with van der Waals surface area (Å²) in [5.74, 6) is 0. The number of hydrogen-bond donors (Lipinski definition) is 2. The maximum atomic E-state index is 11.0. The summed E-state index contributed by atoms with van der Waals surface area (Å²) >= 11 is 6.39. The highest BCUT2D eigenvalue weighted by Gasteiger charge is 2.19. The van der Waals surface area contributed by atoms with Crippen molar-refractivity contribution in [2.45, 2.75) is 6.92 Å². The summed E-state index contributed by atoms with van der Waals surface area (Å²) in [5.41, 5.74) is 14.1. The summed E-state index contributed by atoms with van der Waals surface area (Å²) in [6, 6.07) is 28.3. The van der Waals surface area contributed by atoms with Crippen molar-refractivity contribution in [3.8, 4) is 27.6 Å². The largest absolute Gasteiger partial charge is 0.375 e. The first-order chi connectivity index (χ1) is 19.4. The lowest BCUT2D eigenvalue weighted by atomic mass is 10.1. The molecule has 3 N–H and O–H groups in total. The molecule has 0 spiro atoms. The van der Waals surface area contributed by atoms with Crippen molar-refractivity contribution in [2.24, 2.45) is 10.8 Å². The van der Waals surface area contributed by atoms with Gasteiger partial charge in [-0.2, -0.15) is 10.2 Å². The number of hydrogen-bond acceptors (Lipinski definition) is 7. The number of rotatable bonds is 8. The second kappa shape index (κ2) is 11.8. The van der Waals surface area contributed by atoms with Gasteiger partial charge in [0.2, 0.25) is 5.13 Å². The summed E-state index contributed by atoms with van der Waals surface area (Å²) in [6.45, 7) is 1.90. The Balaban J connectivity index is 1.56. The molecule has 0 bridgehead atoms. The van der Waals surface area contributed by atoms with E-state index in [9.17, 15) is 10.1 Å². The molecular weight excluding hydrogens is 543 g/mol. The van der Waals surface area contributed by atoms with Gasteiger partial charge in [-0.05, 0) is 49.0 Å². The Morgan fingerprint density at radius 1 is 1.05 bits per heavy atom. The average molecular weight is 566 g/mol. The topological polar surface area (TPSA) is 124 Å². The Morgan fingerprint density at radius 2 is 1.70 bits per heavy atom. The van der Waals surface area contributed by atoms with Gasteiger partial charge in [-0.25, -0.2) is 9.67 Å². The number of aryl methyl sites for hydroxylation is 1. The average Bonchev–Trinajstić information content (AvgIpc) is 3.58. The molecule has 0 aliphatic heterocycles. The lowest BCUT2D eigenvalue weighted by Gasteiger charge is -2.04. The van der Waals surface area contributed by atoms with Crippen molar-refractivity contribution < 1.29 is 4.92 Å². The minimum atomic E-state index is -0.434. The van der Waals surface area contributed by atoms with E-state index in [2.05, 4.69) is 16.6 Å². The molecule has 40 heavy (non-hydrogen) atoms. The van der Waals surface area contributed by atoms with E-state index < -0.39 is 4.92 Å². The fourth-order valence-corrected chi connectivity index (χ4v) is 5.01. The van der Waals surface area contributed by atoms with E-state index in [4.69, 9.17) is 28.0 Å². The zero-order chi connectivity index (χ0) is 28.1. The molecule has 3 aromatic carbocycles. The first-order valence-corrected chi connectivity index (χ1v) is 13.4. The molecule has 11 heteroatoms. The number of nitrogens with one attached hydrogen (secondary N) is 1. The third kappa shape index (κ3) is 6.01. The van der Waals surface area contributed by atoms with Crippen LogP contribution in [0.15, 0.2) is 102 Å². The van der Waals surface area contributed by atoms with E-state index in [0.29, 0.717) is 10.8 Å². The number of hydrazone groups is 1. The number of nitrogens with two attached hydrogens (primary N) is 1. The van der Waals surface area contributed by atoms with Crippen LogP contribution in [0.4, 0.5) is 5.69 Å². The van der Waals surface area contributed by atoms with Crippen LogP contribution in [0.25, 0.3) is 33.7 Å². The van der Waals surface area contributed by atoms with Crippen molar-refractivity contribution >= 4 is 46.1 Å². The lowest BCUT2D eigenvalue weighted by Crippen LogP contribution is -2.25. The fraction of sp³-hybridized carbons (Fsp3) is 0.0345. The van der Waals surface area contributed by atoms with Crippen molar-refractivity contribution in [1.29, 1.82) is 0 Å². The molecule has 5 rings (SSSR count). The Labute approximate surface area is 239 Å². The number of nitro groups is 1. The normalized spacial score (nSPS) is 11.6. The number of nitrogens with zero attached hydrogens (tertiary/aromatic N) is 5. The predicted octanol–water partition coefficient (Wildman–Crippen LogP) is 6.13. The van der Waals surface area contributed by atoms with Gasteiger partial charge in [0, 0.05) is 23.3 Å². The summed E-state index contributed by atoms with van der Waals surface area (Å²) in [5, 5.41) is 21.0. The van der Waals surface area contributed by atoms with E-state index in [-0.39, 0.29) is 10.8 Å². The van der Waals surface area contributed by atoms with Gasteiger partial charge in [-0.3, -0.25) is 15.5 Å². The number of thiocarbonyl (C=S) groups is 1. The van der Waals surface area contributed by atoms with E-state index in [1.165, 1.54) is 23.5 Å². The zero-order valence-electron chi connectivity index (χ0n) is 21.3. The van der Waals surface area contributed by atoms with E-state index in [0.717, 1.165) is 38.6 Å². The molecular formula is C29H23N7O2S2. The van der Waals surface area contributed by atoms with Crippen molar-refractivity contribution in [2.75, 3.05) is 0 Å². The molecule has 5 aromatic rings. The van der Waals surface area contributed by atoms with E-state index >= 15 is 0 Å². The summed E-state index contributed by atoms with van der Waals surface area (Å²) in [4.78, 5) is 16.2. The van der Waals surface area contributed by atoms with Gasteiger partial charge in [0.15, 0.2) is 5.11 Å². The maximum absolute atomic E-state index is 11.0.